The summed E-state index contributed by atoms with van der Waals surface area (Å²) >= 11 is 3.42. The van der Waals surface area contributed by atoms with Crippen molar-refractivity contribution >= 4 is 21.9 Å². The lowest BCUT2D eigenvalue weighted by Crippen LogP contribution is -2.53. The maximum absolute atomic E-state index is 12.7. The van der Waals surface area contributed by atoms with Crippen LogP contribution in [0, 0.1) is 0 Å². The minimum absolute atomic E-state index is 0.00466. The molecule has 0 aliphatic carbocycles. The lowest BCUT2D eigenvalue weighted by molar-refractivity contribution is -0.263. The SMILES string of the molecule is C=C(Br)C[C@@H](CC[C@]1(OC)CC2O[C@H]3C[C@H]4OC(CCO)CC[C@@H]4O[C@H]3[C@H]2O1)OC(=O)c1ccccc1. The Hall–Kier alpha value is -1.33. The first kappa shape index (κ1) is 27.2. The number of carbonyl (C=O) groups excluding carboxylic acids is 1. The van der Waals surface area contributed by atoms with Crippen LogP contribution in [-0.4, -0.2) is 79.4 Å². The first-order valence-corrected chi connectivity index (χ1v) is 14.1. The molecule has 4 saturated heterocycles. The predicted molar refractivity (Wildman–Crippen MR) is 138 cm³/mol. The lowest BCUT2D eigenvalue weighted by Gasteiger charge is -2.44. The molecular formula is C28H37BrO8. The van der Waals surface area contributed by atoms with Gasteiger partial charge in [-0.05, 0) is 42.3 Å². The Kier molecular flexibility index (Phi) is 8.70. The summed E-state index contributed by atoms with van der Waals surface area (Å²) in [5.41, 5.74) is 0.516. The number of hydrogen-bond acceptors (Lipinski definition) is 8. The van der Waals surface area contributed by atoms with Gasteiger partial charge in [0.05, 0.1) is 36.1 Å². The van der Waals surface area contributed by atoms with Gasteiger partial charge in [0.25, 0.3) is 0 Å². The number of halogens is 1. The van der Waals surface area contributed by atoms with Crippen LogP contribution in [0.1, 0.15) is 61.7 Å². The fourth-order valence-corrected chi connectivity index (χ4v) is 6.54. The third-order valence-electron chi connectivity index (χ3n) is 8.02. The molecule has 0 saturated carbocycles. The van der Waals surface area contributed by atoms with E-state index in [0.29, 0.717) is 37.7 Å². The Labute approximate surface area is 226 Å². The fourth-order valence-electron chi connectivity index (χ4n) is 6.17. The van der Waals surface area contributed by atoms with Gasteiger partial charge in [-0.15, -0.1) is 0 Å². The van der Waals surface area contributed by atoms with Gasteiger partial charge < -0.3 is 33.5 Å². The van der Waals surface area contributed by atoms with Crippen LogP contribution in [0.4, 0.5) is 0 Å². The Morgan fingerprint density at radius 1 is 1.14 bits per heavy atom. The molecule has 204 valence electrons. The van der Waals surface area contributed by atoms with E-state index >= 15 is 0 Å². The molecule has 0 bridgehead atoms. The van der Waals surface area contributed by atoms with Crippen molar-refractivity contribution < 1.29 is 38.3 Å². The molecule has 1 aromatic carbocycles. The second-order valence-electron chi connectivity index (χ2n) is 10.5. The summed E-state index contributed by atoms with van der Waals surface area (Å²) in [4.78, 5) is 12.7. The molecule has 1 N–H and O–H groups in total. The summed E-state index contributed by atoms with van der Waals surface area (Å²) in [5.74, 6) is -1.19. The number of methoxy groups -OCH3 is 1. The zero-order valence-corrected chi connectivity index (χ0v) is 22.8. The summed E-state index contributed by atoms with van der Waals surface area (Å²) in [6, 6.07) is 8.98. The number of esters is 1. The summed E-state index contributed by atoms with van der Waals surface area (Å²) in [5, 5.41) is 9.27. The van der Waals surface area contributed by atoms with Crippen LogP contribution < -0.4 is 0 Å². The number of hydrogen-bond donors (Lipinski definition) is 1. The van der Waals surface area contributed by atoms with E-state index in [9.17, 15) is 9.90 Å². The second kappa shape index (κ2) is 11.8. The van der Waals surface area contributed by atoms with Crippen LogP contribution in [0.15, 0.2) is 41.4 Å². The van der Waals surface area contributed by atoms with Crippen LogP contribution in [0.5, 0.6) is 0 Å². The van der Waals surface area contributed by atoms with Crippen molar-refractivity contribution in [1.29, 1.82) is 0 Å². The van der Waals surface area contributed by atoms with Crippen molar-refractivity contribution in [1.82, 2.24) is 0 Å². The molecule has 4 aliphatic rings. The number of aliphatic hydroxyl groups is 1. The highest BCUT2D eigenvalue weighted by Gasteiger charge is 2.60. The van der Waals surface area contributed by atoms with E-state index in [0.717, 1.165) is 23.7 Å². The molecular weight excluding hydrogens is 544 g/mol. The maximum atomic E-state index is 12.7. The van der Waals surface area contributed by atoms with Crippen molar-refractivity contribution in [3.05, 3.63) is 47.0 Å². The molecule has 4 heterocycles. The summed E-state index contributed by atoms with van der Waals surface area (Å²) in [6.45, 7) is 4.07. The molecule has 0 amide bonds. The lowest BCUT2D eigenvalue weighted by atomic mass is 9.90. The molecule has 37 heavy (non-hydrogen) atoms. The van der Waals surface area contributed by atoms with Gasteiger partial charge in [-0.3, -0.25) is 0 Å². The molecule has 8 nitrogen and oxygen atoms in total. The first-order valence-electron chi connectivity index (χ1n) is 13.3. The number of benzene rings is 1. The van der Waals surface area contributed by atoms with Crippen LogP contribution in [0.2, 0.25) is 0 Å². The zero-order valence-electron chi connectivity index (χ0n) is 21.3. The maximum Gasteiger partial charge on any atom is 0.338 e. The molecule has 2 unspecified atom stereocenters. The van der Waals surface area contributed by atoms with E-state index in [4.69, 9.17) is 28.4 Å². The van der Waals surface area contributed by atoms with E-state index in [-0.39, 0.29) is 61.4 Å². The van der Waals surface area contributed by atoms with Crippen molar-refractivity contribution in [2.24, 2.45) is 0 Å². The standard InChI is InChI=1S/C28H37BrO8/c1-17(29)14-20(34-27(31)18-6-4-3-5-7-18)10-12-28(32-2)16-24-26(37-28)25-23(35-24)15-22-21(36-25)9-8-19(33-22)11-13-30/h3-7,19-26,30H,1,8-16H2,2H3/t19?,20-,21+,22-,23+,24?,25-,26+,28-/m1/s1. The molecule has 0 spiro atoms. The average Bonchev–Trinajstić information content (AvgIpc) is 3.41. The van der Waals surface area contributed by atoms with Crippen LogP contribution >= 0.6 is 15.9 Å². The fraction of sp³-hybridized carbons (Fsp3) is 0.679. The van der Waals surface area contributed by atoms with Gasteiger partial charge in [0.1, 0.15) is 18.3 Å². The van der Waals surface area contributed by atoms with E-state index in [1.54, 1.807) is 19.2 Å². The Morgan fingerprint density at radius 2 is 1.95 bits per heavy atom. The van der Waals surface area contributed by atoms with Crippen molar-refractivity contribution in [2.45, 2.75) is 106 Å². The van der Waals surface area contributed by atoms with Crippen LogP contribution in [-0.2, 0) is 28.4 Å². The number of carbonyl (C=O) groups is 1. The van der Waals surface area contributed by atoms with E-state index in [2.05, 4.69) is 22.5 Å². The minimum Gasteiger partial charge on any atom is -0.458 e. The summed E-state index contributed by atoms with van der Waals surface area (Å²) < 4.78 is 38.2. The quantitative estimate of drug-likeness (QED) is 0.410. The summed E-state index contributed by atoms with van der Waals surface area (Å²) in [7, 11) is 1.65. The Morgan fingerprint density at radius 3 is 2.68 bits per heavy atom. The molecule has 0 aromatic heterocycles. The molecule has 5 rings (SSSR count). The molecule has 9 heteroatoms. The van der Waals surface area contributed by atoms with Gasteiger partial charge in [0, 0.05) is 39.4 Å². The van der Waals surface area contributed by atoms with Crippen LogP contribution in [0.3, 0.4) is 0 Å². The number of ether oxygens (including phenoxy) is 6. The third kappa shape index (κ3) is 6.13. The first-order chi connectivity index (χ1) is 17.9. The highest BCUT2D eigenvalue weighted by atomic mass is 79.9. The molecule has 4 fully saturated rings. The number of rotatable bonds is 10. The van der Waals surface area contributed by atoms with Gasteiger partial charge in [-0.1, -0.05) is 40.7 Å². The largest absolute Gasteiger partial charge is 0.458 e. The zero-order chi connectivity index (χ0) is 26.0. The third-order valence-corrected chi connectivity index (χ3v) is 8.35. The highest BCUT2D eigenvalue weighted by molar-refractivity contribution is 9.11. The second-order valence-corrected chi connectivity index (χ2v) is 11.7. The van der Waals surface area contributed by atoms with E-state index in [1.807, 2.05) is 18.2 Å². The van der Waals surface area contributed by atoms with Gasteiger partial charge in [0.2, 0.25) is 0 Å². The van der Waals surface area contributed by atoms with Crippen molar-refractivity contribution in [3.8, 4) is 0 Å². The van der Waals surface area contributed by atoms with Gasteiger partial charge in [-0.25, -0.2) is 4.79 Å². The number of aliphatic hydroxyl groups excluding tert-OH is 1. The average molecular weight is 582 g/mol. The van der Waals surface area contributed by atoms with Crippen molar-refractivity contribution in [3.63, 3.8) is 0 Å². The van der Waals surface area contributed by atoms with Gasteiger partial charge in [0.15, 0.2) is 5.79 Å². The molecule has 4 aliphatic heterocycles. The van der Waals surface area contributed by atoms with Crippen LogP contribution in [0.25, 0.3) is 0 Å². The van der Waals surface area contributed by atoms with Gasteiger partial charge in [-0.2, -0.15) is 0 Å². The Bertz CT molecular complexity index is 943. The smallest absolute Gasteiger partial charge is 0.338 e. The highest BCUT2D eigenvalue weighted by Crippen LogP contribution is 2.48. The van der Waals surface area contributed by atoms with Crippen molar-refractivity contribution in [2.75, 3.05) is 13.7 Å². The minimum atomic E-state index is -0.832. The van der Waals surface area contributed by atoms with E-state index < -0.39 is 5.79 Å². The topological polar surface area (TPSA) is 92.7 Å². The summed E-state index contributed by atoms with van der Waals surface area (Å²) in [6.07, 6.45) is 4.58. The normalized spacial score (nSPS) is 37.3. The monoisotopic (exact) mass is 580 g/mol. The molecule has 9 atom stereocenters. The van der Waals surface area contributed by atoms with Gasteiger partial charge >= 0.3 is 5.97 Å². The van der Waals surface area contributed by atoms with E-state index in [1.165, 1.54) is 0 Å². The number of fused-ring (bicyclic) bond motifs is 4. The Balaban J connectivity index is 1.19. The predicted octanol–water partition coefficient (Wildman–Crippen LogP) is 4.28. The molecule has 0 radical (unpaired) electrons. The molecule has 1 aromatic rings.